The van der Waals surface area contributed by atoms with Gasteiger partial charge in [0.1, 0.15) is 5.69 Å². The highest BCUT2D eigenvalue weighted by Crippen LogP contribution is 2.49. The van der Waals surface area contributed by atoms with E-state index in [0.717, 1.165) is 6.07 Å². The van der Waals surface area contributed by atoms with Crippen molar-refractivity contribution in [1.82, 2.24) is 4.98 Å². The van der Waals surface area contributed by atoms with Crippen LogP contribution in [0, 0.1) is 17.8 Å². The molecule has 2 rings (SSSR count). The summed E-state index contributed by atoms with van der Waals surface area (Å²) in [6.45, 7) is 9.78. The van der Waals surface area contributed by atoms with Gasteiger partial charge in [-0.1, -0.05) is 6.92 Å². The molecule has 0 unspecified atom stereocenters. The number of rotatable bonds is 5. The minimum atomic E-state index is -2.75. The summed E-state index contributed by atoms with van der Waals surface area (Å²) in [5.41, 5.74) is -2.56. The third-order valence-corrected chi connectivity index (χ3v) is 6.11. The Bertz CT molecular complexity index is 857. The second-order valence-electron chi connectivity index (χ2n) is 7.54. The summed E-state index contributed by atoms with van der Waals surface area (Å²) in [4.78, 5) is 43.4. The van der Waals surface area contributed by atoms with Crippen LogP contribution in [0.25, 0.3) is 0 Å². The topological polar surface area (TPSA) is 64.1 Å². The first-order valence-corrected chi connectivity index (χ1v) is 9.63. The number of aryl methyl sites for hydroxylation is 1. The molecule has 4 nitrogen and oxygen atoms in total. The van der Waals surface area contributed by atoms with E-state index in [1.54, 1.807) is 13.8 Å². The molecule has 0 aliphatic heterocycles. The van der Waals surface area contributed by atoms with Crippen LogP contribution >= 0.6 is 11.8 Å². The molecule has 0 saturated heterocycles. The van der Waals surface area contributed by atoms with Crippen LogP contribution in [0.1, 0.15) is 62.8 Å². The van der Waals surface area contributed by atoms with Gasteiger partial charge < -0.3 is 0 Å². The van der Waals surface area contributed by atoms with E-state index in [1.165, 1.54) is 38.6 Å². The predicted octanol–water partition coefficient (Wildman–Crippen LogP) is 4.72. The average Bonchev–Trinajstić information content (AvgIpc) is 2.58. The second kappa shape index (κ2) is 7.26. The molecule has 0 saturated carbocycles. The summed E-state index contributed by atoms with van der Waals surface area (Å²) in [5, 5.41) is 0. The monoisotopic (exact) mass is 395 g/mol. The molecule has 7 heteroatoms. The molecule has 146 valence electrons. The average molecular weight is 395 g/mol. The number of ketones is 3. The van der Waals surface area contributed by atoms with Crippen LogP contribution in [0.4, 0.5) is 8.78 Å². The van der Waals surface area contributed by atoms with Crippen LogP contribution in [0.5, 0.6) is 0 Å². The molecule has 0 bridgehead atoms. The molecule has 1 heterocycles. The molecule has 0 fully saturated rings. The Labute approximate surface area is 161 Å². The Hall–Kier alpha value is -1.89. The van der Waals surface area contributed by atoms with Gasteiger partial charge in [-0.2, -0.15) is 0 Å². The van der Waals surface area contributed by atoms with Gasteiger partial charge in [-0.05, 0) is 52.5 Å². The Morgan fingerprint density at radius 1 is 1.15 bits per heavy atom. The summed E-state index contributed by atoms with van der Waals surface area (Å²) < 4.78 is 25.7. The zero-order chi connectivity index (χ0) is 20.7. The summed E-state index contributed by atoms with van der Waals surface area (Å²) in [6, 6.07) is 2.37. The number of aromatic nitrogens is 1. The van der Waals surface area contributed by atoms with Crippen LogP contribution in [-0.4, -0.2) is 28.1 Å². The lowest BCUT2D eigenvalue weighted by Crippen LogP contribution is -2.49. The van der Waals surface area contributed by atoms with Crippen LogP contribution in [0.2, 0.25) is 0 Å². The standard InChI is InChI=1S/C20H23F2NO3S/c1-7-27-16-13(15(25)19(3,4)18(26)20(16,5)6)14(24)11-8-9-12(17(21)22)23-10(11)2/h8-9,17H,7H2,1-6H3. The number of thioether (sulfide) groups is 1. The van der Waals surface area contributed by atoms with Crippen molar-refractivity contribution in [3.05, 3.63) is 39.6 Å². The highest BCUT2D eigenvalue weighted by Gasteiger charge is 2.54. The quantitative estimate of drug-likeness (QED) is 0.410. The Balaban J connectivity index is 2.71. The molecule has 1 aliphatic carbocycles. The molecule has 27 heavy (non-hydrogen) atoms. The number of nitrogens with zero attached hydrogens (tertiary/aromatic N) is 1. The summed E-state index contributed by atoms with van der Waals surface area (Å²) in [6.07, 6.45) is -2.75. The SMILES string of the molecule is CCSC1=C(C(=O)c2ccc(C(F)F)nc2C)C(=O)C(C)(C)C(=O)C1(C)C. The lowest BCUT2D eigenvalue weighted by Gasteiger charge is -2.40. The first-order valence-electron chi connectivity index (χ1n) is 8.65. The summed E-state index contributed by atoms with van der Waals surface area (Å²) in [7, 11) is 0. The molecule has 0 radical (unpaired) electrons. The van der Waals surface area contributed by atoms with Crippen LogP contribution in [-0.2, 0) is 9.59 Å². The van der Waals surface area contributed by atoms with Crippen molar-refractivity contribution in [3.63, 3.8) is 0 Å². The fraction of sp³-hybridized carbons (Fsp3) is 0.500. The Morgan fingerprint density at radius 2 is 1.74 bits per heavy atom. The van der Waals surface area contributed by atoms with E-state index in [-0.39, 0.29) is 22.6 Å². The smallest absolute Gasteiger partial charge is 0.280 e. The van der Waals surface area contributed by atoms with Crippen molar-refractivity contribution in [2.45, 2.75) is 48.0 Å². The fourth-order valence-electron chi connectivity index (χ4n) is 3.40. The maximum absolute atomic E-state index is 13.2. The number of hydrogen-bond acceptors (Lipinski definition) is 5. The minimum absolute atomic E-state index is 0.0360. The number of carbonyl (C=O) groups excluding carboxylic acids is 3. The van der Waals surface area contributed by atoms with Crippen molar-refractivity contribution in [3.8, 4) is 0 Å². The van der Waals surface area contributed by atoms with E-state index in [0.29, 0.717) is 10.7 Å². The number of pyridine rings is 1. The van der Waals surface area contributed by atoms with E-state index in [9.17, 15) is 23.2 Å². The van der Waals surface area contributed by atoms with Crippen LogP contribution < -0.4 is 0 Å². The van der Waals surface area contributed by atoms with E-state index in [2.05, 4.69) is 4.98 Å². The third-order valence-electron chi connectivity index (χ3n) is 4.82. The number of allylic oxidation sites excluding steroid dienone is 2. The Morgan fingerprint density at radius 3 is 2.22 bits per heavy atom. The number of alkyl halides is 2. The third kappa shape index (κ3) is 3.49. The number of Topliss-reactive ketones (excluding diaryl/α,β-unsaturated/α-hetero) is 3. The van der Waals surface area contributed by atoms with Crippen LogP contribution in [0.15, 0.2) is 22.6 Å². The molecule has 1 aliphatic rings. The van der Waals surface area contributed by atoms with Crippen molar-refractivity contribution in [1.29, 1.82) is 0 Å². The molecule has 1 aromatic heterocycles. The van der Waals surface area contributed by atoms with Gasteiger partial charge in [0.25, 0.3) is 6.43 Å². The van der Waals surface area contributed by atoms with Gasteiger partial charge >= 0.3 is 0 Å². The zero-order valence-corrected chi connectivity index (χ0v) is 17.1. The second-order valence-corrected chi connectivity index (χ2v) is 8.82. The molecule has 0 atom stereocenters. The molecule has 0 spiro atoms. The van der Waals surface area contributed by atoms with Gasteiger partial charge in [0.15, 0.2) is 17.3 Å². The molecular weight excluding hydrogens is 372 g/mol. The molecule has 0 N–H and O–H groups in total. The first-order chi connectivity index (χ1) is 12.4. The molecule has 1 aromatic rings. The number of halogens is 2. The molecule has 0 amide bonds. The molecular formula is C20H23F2NO3S. The fourth-order valence-corrected chi connectivity index (χ4v) is 4.47. The normalized spacial score (nSPS) is 19.0. The summed E-state index contributed by atoms with van der Waals surface area (Å²) >= 11 is 1.29. The van der Waals surface area contributed by atoms with Crippen LogP contribution in [0.3, 0.4) is 0 Å². The van der Waals surface area contributed by atoms with Gasteiger partial charge in [0.2, 0.25) is 0 Å². The van der Waals surface area contributed by atoms with Crippen molar-refractivity contribution < 1.29 is 23.2 Å². The first kappa shape index (κ1) is 21.4. The lowest BCUT2D eigenvalue weighted by molar-refractivity contribution is -0.142. The van der Waals surface area contributed by atoms with Gasteiger partial charge in [0.05, 0.1) is 16.4 Å². The van der Waals surface area contributed by atoms with Crippen molar-refractivity contribution in [2.24, 2.45) is 10.8 Å². The van der Waals surface area contributed by atoms with Crippen molar-refractivity contribution in [2.75, 3.05) is 5.75 Å². The highest BCUT2D eigenvalue weighted by molar-refractivity contribution is 8.03. The van der Waals surface area contributed by atoms with Crippen molar-refractivity contribution >= 4 is 29.1 Å². The van der Waals surface area contributed by atoms with E-state index in [4.69, 9.17) is 0 Å². The zero-order valence-electron chi connectivity index (χ0n) is 16.3. The predicted molar refractivity (Wildman–Crippen MR) is 101 cm³/mol. The van der Waals surface area contributed by atoms with Gasteiger partial charge in [-0.25, -0.2) is 8.78 Å². The maximum Gasteiger partial charge on any atom is 0.280 e. The Kier molecular flexibility index (Phi) is 5.76. The largest absolute Gasteiger partial charge is 0.298 e. The maximum atomic E-state index is 13.2. The van der Waals surface area contributed by atoms with E-state index in [1.807, 2.05) is 6.92 Å². The summed E-state index contributed by atoms with van der Waals surface area (Å²) in [5.74, 6) is -0.770. The lowest BCUT2D eigenvalue weighted by atomic mass is 9.63. The van der Waals surface area contributed by atoms with Gasteiger partial charge in [-0.3, -0.25) is 19.4 Å². The number of carbonyl (C=O) groups is 3. The van der Waals surface area contributed by atoms with E-state index >= 15 is 0 Å². The van der Waals surface area contributed by atoms with Gasteiger partial charge in [0, 0.05) is 16.2 Å². The van der Waals surface area contributed by atoms with E-state index < -0.39 is 34.5 Å². The molecule has 0 aromatic carbocycles. The highest BCUT2D eigenvalue weighted by atomic mass is 32.2. The number of hydrogen-bond donors (Lipinski definition) is 0. The van der Waals surface area contributed by atoms with Gasteiger partial charge in [-0.15, -0.1) is 11.8 Å². The minimum Gasteiger partial charge on any atom is -0.298 e.